The quantitative estimate of drug-likeness (QED) is 0.498. The third-order valence-electron chi connectivity index (χ3n) is 5.43. The predicted octanol–water partition coefficient (Wildman–Crippen LogP) is 5.08. The van der Waals surface area contributed by atoms with E-state index in [0.29, 0.717) is 16.3 Å². The average molecular weight is 471 g/mol. The number of anilines is 1. The van der Waals surface area contributed by atoms with Crippen LogP contribution in [0.3, 0.4) is 0 Å². The Morgan fingerprint density at radius 3 is 2.74 bits per heavy atom. The number of hydrogen-bond acceptors (Lipinski definition) is 4. The smallest absolute Gasteiger partial charge is 0.416 e. The minimum Gasteiger partial charge on any atom is -0.466 e. The molecule has 1 N–H and O–H groups in total. The molecule has 3 atom stereocenters. The van der Waals surface area contributed by atoms with Crippen molar-refractivity contribution in [2.24, 2.45) is 5.92 Å². The topological polar surface area (TPSA) is 50.8 Å². The van der Waals surface area contributed by atoms with E-state index < -0.39 is 35.4 Å². The SMILES string of the molecule is CCOC(=O)[C@H]1[C@H]2NC(=S)N(c3cccc(C(F)(F)F)c3)[C@@]1(C)Oc1ccc(Cl)cc12. The van der Waals surface area contributed by atoms with Gasteiger partial charge in [-0.2, -0.15) is 13.2 Å². The summed E-state index contributed by atoms with van der Waals surface area (Å²) in [6.07, 6.45) is -4.54. The summed E-state index contributed by atoms with van der Waals surface area (Å²) in [5, 5.41) is 3.66. The minimum atomic E-state index is -4.54. The maximum atomic E-state index is 13.3. The van der Waals surface area contributed by atoms with Gasteiger partial charge in [-0.25, -0.2) is 0 Å². The number of fused-ring (bicyclic) bond motifs is 4. The number of thiocarbonyl (C=S) groups is 1. The summed E-state index contributed by atoms with van der Waals surface area (Å²) in [5.41, 5.74) is -1.52. The fourth-order valence-electron chi connectivity index (χ4n) is 4.16. The van der Waals surface area contributed by atoms with E-state index in [9.17, 15) is 18.0 Å². The van der Waals surface area contributed by atoms with Gasteiger partial charge in [0.25, 0.3) is 0 Å². The zero-order valence-corrected chi connectivity index (χ0v) is 18.1. The van der Waals surface area contributed by atoms with Gasteiger partial charge < -0.3 is 14.8 Å². The van der Waals surface area contributed by atoms with E-state index in [-0.39, 0.29) is 17.4 Å². The van der Waals surface area contributed by atoms with Crippen LogP contribution in [-0.2, 0) is 15.7 Å². The van der Waals surface area contributed by atoms with Crippen LogP contribution < -0.4 is 15.0 Å². The van der Waals surface area contributed by atoms with Crippen LogP contribution in [0.1, 0.15) is 31.0 Å². The highest BCUT2D eigenvalue weighted by molar-refractivity contribution is 7.80. The lowest BCUT2D eigenvalue weighted by Gasteiger charge is -2.55. The highest BCUT2D eigenvalue weighted by atomic mass is 35.5. The number of ether oxygens (including phenoxy) is 2. The largest absolute Gasteiger partial charge is 0.466 e. The van der Waals surface area contributed by atoms with E-state index in [1.54, 1.807) is 32.0 Å². The maximum absolute atomic E-state index is 13.3. The Hall–Kier alpha value is -2.52. The third kappa shape index (κ3) is 3.59. The molecule has 2 aromatic carbocycles. The number of rotatable bonds is 3. The molecular weight excluding hydrogens is 453 g/mol. The molecule has 4 rings (SSSR count). The number of carbonyl (C=O) groups excluding carboxylic acids is 1. The molecule has 2 heterocycles. The monoisotopic (exact) mass is 470 g/mol. The van der Waals surface area contributed by atoms with Crippen molar-refractivity contribution in [1.82, 2.24) is 5.32 Å². The molecular formula is C21H18ClF3N2O3S. The van der Waals surface area contributed by atoms with Crippen LogP contribution in [0.2, 0.25) is 5.02 Å². The number of esters is 1. The van der Waals surface area contributed by atoms with Crippen LogP contribution in [0.25, 0.3) is 0 Å². The minimum absolute atomic E-state index is 0.123. The van der Waals surface area contributed by atoms with Crippen molar-refractivity contribution >= 4 is 40.6 Å². The molecule has 1 fully saturated rings. The molecule has 0 radical (unpaired) electrons. The molecule has 0 aromatic heterocycles. The molecule has 2 bridgehead atoms. The van der Waals surface area contributed by atoms with Gasteiger partial charge in [-0.3, -0.25) is 9.69 Å². The summed E-state index contributed by atoms with van der Waals surface area (Å²) in [4.78, 5) is 14.4. The summed E-state index contributed by atoms with van der Waals surface area (Å²) < 4.78 is 51.5. The van der Waals surface area contributed by atoms with Crippen LogP contribution >= 0.6 is 23.8 Å². The number of carbonyl (C=O) groups is 1. The zero-order valence-electron chi connectivity index (χ0n) is 16.5. The Bertz CT molecular complexity index is 1060. The van der Waals surface area contributed by atoms with E-state index in [2.05, 4.69) is 5.32 Å². The van der Waals surface area contributed by atoms with Crippen molar-refractivity contribution in [2.45, 2.75) is 31.8 Å². The Morgan fingerprint density at radius 2 is 2.06 bits per heavy atom. The fraction of sp³-hybridized carbons (Fsp3) is 0.333. The molecule has 164 valence electrons. The number of halogens is 4. The van der Waals surface area contributed by atoms with Crippen LogP contribution in [0.15, 0.2) is 42.5 Å². The molecule has 2 aliphatic heterocycles. The van der Waals surface area contributed by atoms with Gasteiger partial charge in [0.15, 0.2) is 5.11 Å². The first kappa shape index (κ1) is 21.7. The molecule has 5 nitrogen and oxygen atoms in total. The molecule has 1 saturated heterocycles. The van der Waals surface area contributed by atoms with Gasteiger partial charge >= 0.3 is 12.1 Å². The summed E-state index contributed by atoms with van der Waals surface area (Å²) in [6, 6.07) is 9.05. The molecule has 0 saturated carbocycles. The molecule has 2 aliphatic rings. The first-order valence-electron chi connectivity index (χ1n) is 9.49. The third-order valence-corrected chi connectivity index (χ3v) is 5.97. The molecule has 0 unspecified atom stereocenters. The van der Waals surface area contributed by atoms with E-state index in [0.717, 1.165) is 12.1 Å². The lowest BCUT2D eigenvalue weighted by atomic mass is 9.79. The fourth-order valence-corrected chi connectivity index (χ4v) is 4.75. The number of benzene rings is 2. The van der Waals surface area contributed by atoms with E-state index in [4.69, 9.17) is 33.3 Å². The van der Waals surface area contributed by atoms with E-state index in [1.807, 2.05) is 0 Å². The highest BCUT2D eigenvalue weighted by Gasteiger charge is 2.60. The van der Waals surface area contributed by atoms with Gasteiger partial charge in [-0.05, 0) is 62.5 Å². The summed E-state index contributed by atoms with van der Waals surface area (Å²) in [7, 11) is 0. The number of hydrogen-bond donors (Lipinski definition) is 1. The van der Waals surface area contributed by atoms with E-state index >= 15 is 0 Å². The zero-order chi connectivity index (χ0) is 22.6. The molecule has 10 heteroatoms. The predicted molar refractivity (Wildman–Crippen MR) is 113 cm³/mol. The molecule has 2 aromatic rings. The Kier molecular flexibility index (Phi) is 5.29. The van der Waals surface area contributed by atoms with Crippen LogP contribution in [0.5, 0.6) is 5.75 Å². The van der Waals surface area contributed by atoms with Crippen molar-refractivity contribution in [3.63, 3.8) is 0 Å². The van der Waals surface area contributed by atoms with Crippen LogP contribution in [0, 0.1) is 5.92 Å². The van der Waals surface area contributed by atoms with Gasteiger partial charge in [0.05, 0.1) is 18.2 Å². The molecule has 0 aliphatic carbocycles. The second-order valence-electron chi connectivity index (χ2n) is 7.38. The average Bonchev–Trinajstić information content (AvgIpc) is 2.68. The maximum Gasteiger partial charge on any atom is 0.416 e. The standard InChI is InChI=1S/C21H18ClF3N2O3S/c1-3-29-18(28)16-17-14-10-12(22)7-8-15(14)30-20(16,2)27(19(31)26-17)13-6-4-5-11(9-13)21(23,24)25/h4-10,16-17H,3H2,1-2H3,(H,26,31)/t16-,17+,20+/m1/s1. The molecule has 0 amide bonds. The Balaban J connectivity index is 1.89. The van der Waals surface area contributed by atoms with Crippen LogP contribution in [0.4, 0.5) is 18.9 Å². The summed E-state index contributed by atoms with van der Waals surface area (Å²) >= 11 is 11.7. The van der Waals surface area contributed by atoms with Gasteiger partial charge in [0, 0.05) is 16.3 Å². The van der Waals surface area contributed by atoms with Crippen molar-refractivity contribution < 1.29 is 27.4 Å². The Labute approximate surface area is 187 Å². The van der Waals surface area contributed by atoms with Crippen molar-refractivity contribution in [3.05, 3.63) is 58.6 Å². The second-order valence-corrected chi connectivity index (χ2v) is 8.20. The summed E-state index contributed by atoms with van der Waals surface area (Å²) in [5.74, 6) is -1.04. The van der Waals surface area contributed by atoms with Crippen molar-refractivity contribution in [1.29, 1.82) is 0 Å². The van der Waals surface area contributed by atoms with Crippen molar-refractivity contribution in [2.75, 3.05) is 11.5 Å². The van der Waals surface area contributed by atoms with Crippen LogP contribution in [-0.4, -0.2) is 23.4 Å². The van der Waals surface area contributed by atoms with Gasteiger partial charge in [-0.1, -0.05) is 17.7 Å². The van der Waals surface area contributed by atoms with Gasteiger partial charge in [0.2, 0.25) is 5.72 Å². The second kappa shape index (κ2) is 7.56. The molecule has 0 spiro atoms. The van der Waals surface area contributed by atoms with Gasteiger partial charge in [-0.15, -0.1) is 0 Å². The lowest BCUT2D eigenvalue weighted by Crippen LogP contribution is -2.71. The highest BCUT2D eigenvalue weighted by Crippen LogP contribution is 2.50. The first-order valence-corrected chi connectivity index (χ1v) is 10.3. The summed E-state index contributed by atoms with van der Waals surface area (Å²) in [6.45, 7) is 3.42. The number of nitrogens with zero attached hydrogens (tertiary/aromatic N) is 1. The number of alkyl halides is 3. The Morgan fingerprint density at radius 1 is 1.32 bits per heavy atom. The van der Waals surface area contributed by atoms with Gasteiger partial charge in [0.1, 0.15) is 11.7 Å². The first-order chi connectivity index (χ1) is 14.6. The van der Waals surface area contributed by atoms with Crippen molar-refractivity contribution in [3.8, 4) is 5.75 Å². The lowest BCUT2D eigenvalue weighted by molar-refractivity contribution is -0.159. The molecule has 31 heavy (non-hydrogen) atoms. The van der Waals surface area contributed by atoms with E-state index in [1.165, 1.54) is 17.0 Å². The normalized spacial score (nSPS) is 24.7. The number of nitrogens with one attached hydrogen (secondary N) is 1.